The van der Waals surface area contributed by atoms with Gasteiger partial charge in [0.25, 0.3) is 0 Å². The van der Waals surface area contributed by atoms with E-state index in [9.17, 15) is 8.42 Å². The van der Waals surface area contributed by atoms with Crippen molar-refractivity contribution in [1.82, 2.24) is 4.72 Å². The Kier molecular flexibility index (Phi) is 5.64. The molecule has 0 aromatic carbocycles. The zero-order chi connectivity index (χ0) is 14.8. The van der Waals surface area contributed by atoms with Gasteiger partial charge < -0.3 is 5.73 Å². The van der Waals surface area contributed by atoms with Crippen LogP contribution in [0.15, 0.2) is 14.1 Å². The molecule has 4 nitrogen and oxygen atoms in total. The number of nitrogens with one attached hydrogen (secondary N) is 1. The van der Waals surface area contributed by atoms with Crippen LogP contribution in [0.4, 0.5) is 0 Å². The highest BCUT2D eigenvalue weighted by atomic mass is 79.9. The van der Waals surface area contributed by atoms with Crippen LogP contribution in [-0.2, 0) is 10.0 Å². The minimum atomic E-state index is -3.46. The largest absolute Gasteiger partial charge is 0.329 e. The molecule has 0 aliphatic heterocycles. The fraction of sp³-hybridized carbons (Fsp3) is 0.692. The number of nitrogens with two attached hydrogens (primary N) is 1. The lowest BCUT2D eigenvalue weighted by Crippen LogP contribution is -2.45. The molecule has 0 amide bonds. The number of hydrogen-bond donors (Lipinski definition) is 2. The van der Waals surface area contributed by atoms with E-state index in [2.05, 4.69) is 20.7 Å². The molecule has 1 aliphatic carbocycles. The van der Waals surface area contributed by atoms with E-state index in [1.54, 1.807) is 6.07 Å². The van der Waals surface area contributed by atoms with Crippen molar-refractivity contribution < 1.29 is 8.42 Å². The van der Waals surface area contributed by atoms with E-state index in [4.69, 9.17) is 5.73 Å². The second-order valence-electron chi connectivity index (χ2n) is 5.38. The molecular weight excluding hydrogens is 360 g/mol. The fourth-order valence-corrected chi connectivity index (χ4v) is 6.25. The van der Waals surface area contributed by atoms with Crippen molar-refractivity contribution in [2.45, 2.75) is 49.3 Å². The predicted octanol–water partition coefficient (Wildman–Crippen LogP) is 3.00. The number of halogens is 1. The van der Waals surface area contributed by atoms with Crippen LogP contribution >= 0.6 is 27.3 Å². The molecule has 1 saturated carbocycles. The van der Waals surface area contributed by atoms with Gasteiger partial charge >= 0.3 is 0 Å². The van der Waals surface area contributed by atoms with Gasteiger partial charge in [-0.1, -0.05) is 19.3 Å². The molecular formula is C13H21BrN2O2S2. The minimum Gasteiger partial charge on any atom is -0.329 e. The van der Waals surface area contributed by atoms with E-state index in [-0.39, 0.29) is 6.04 Å². The molecule has 0 radical (unpaired) electrons. The standard InChI is InChI=1S/C13H21BrN2O2S2/c1-9-7-12(19-13(9)14)20(17,18)16-11(8-15)10-5-3-2-4-6-10/h7,10-11,16H,2-6,8,15H2,1H3. The predicted molar refractivity (Wildman–Crippen MR) is 86.5 cm³/mol. The Balaban J connectivity index is 2.12. The third-order valence-corrected chi connectivity index (χ3v) is 7.98. The number of hydrogen-bond acceptors (Lipinski definition) is 4. The molecule has 0 spiro atoms. The summed E-state index contributed by atoms with van der Waals surface area (Å²) in [6.45, 7) is 2.25. The van der Waals surface area contributed by atoms with Crippen LogP contribution in [0.25, 0.3) is 0 Å². The molecule has 1 atom stereocenters. The van der Waals surface area contributed by atoms with Crippen LogP contribution in [0.2, 0.25) is 0 Å². The summed E-state index contributed by atoms with van der Waals surface area (Å²) in [4.78, 5) is 0. The average Bonchev–Trinajstić information content (AvgIpc) is 2.78. The number of aryl methyl sites for hydroxylation is 1. The summed E-state index contributed by atoms with van der Waals surface area (Å²) in [5.74, 6) is 0.369. The van der Waals surface area contributed by atoms with Gasteiger partial charge in [-0.15, -0.1) is 11.3 Å². The quantitative estimate of drug-likeness (QED) is 0.824. The maximum atomic E-state index is 12.4. The lowest BCUT2D eigenvalue weighted by atomic mass is 9.84. The summed E-state index contributed by atoms with van der Waals surface area (Å²) in [5.41, 5.74) is 6.73. The maximum absolute atomic E-state index is 12.4. The summed E-state index contributed by atoms with van der Waals surface area (Å²) >= 11 is 4.62. The highest BCUT2D eigenvalue weighted by Gasteiger charge is 2.28. The maximum Gasteiger partial charge on any atom is 0.250 e. The molecule has 2 rings (SSSR count). The minimum absolute atomic E-state index is 0.151. The first-order valence-corrected chi connectivity index (χ1v) is 10.0. The third kappa shape index (κ3) is 3.82. The van der Waals surface area contributed by atoms with Crippen LogP contribution in [0.3, 0.4) is 0 Å². The van der Waals surface area contributed by atoms with Crippen molar-refractivity contribution in [3.63, 3.8) is 0 Å². The molecule has 0 bridgehead atoms. The van der Waals surface area contributed by atoms with Gasteiger partial charge in [-0.2, -0.15) is 0 Å². The van der Waals surface area contributed by atoms with Crippen LogP contribution in [-0.4, -0.2) is 21.0 Å². The van der Waals surface area contributed by atoms with Gasteiger partial charge in [0.1, 0.15) is 4.21 Å². The van der Waals surface area contributed by atoms with Gasteiger partial charge in [-0.25, -0.2) is 13.1 Å². The molecule has 1 fully saturated rings. The molecule has 1 aromatic heterocycles. The number of rotatable bonds is 5. The fourth-order valence-electron chi connectivity index (χ4n) is 2.69. The average molecular weight is 381 g/mol. The normalized spacial score (nSPS) is 19.1. The summed E-state index contributed by atoms with van der Waals surface area (Å²) in [5, 5.41) is 0. The Hall–Kier alpha value is 0.0500. The second-order valence-corrected chi connectivity index (χ2v) is 9.69. The number of sulfonamides is 1. The van der Waals surface area contributed by atoms with Crippen molar-refractivity contribution in [3.05, 3.63) is 15.4 Å². The number of thiophene rings is 1. The highest BCUT2D eigenvalue weighted by Crippen LogP contribution is 2.32. The Labute approximate surface area is 133 Å². The molecule has 3 N–H and O–H groups in total. The molecule has 0 saturated heterocycles. The topological polar surface area (TPSA) is 72.2 Å². The van der Waals surface area contributed by atoms with E-state index >= 15 is 0 Å². The molecule has 7 heteroatoms. The van der Waals surface area contributed by atoms with Crippen molar-refractivity contribution in [2.75, 3.05) is 6.54 Å². The summed E-state index contributed by atoms with van der Waals surface area (Å²) < 4.78 is 28.9. The Morgan fingerprint density at radius 3 is 2.60 bits per heavy atom. The van der Waals surface area contributed by atoms with Crippen molar-refractivity contribution in [1.29, 1.82) is 0 Å². The molecule has 1 aromatic rings. The first kappa shape index (κ1) is 16.4. The van der Waals surface area contributed by atoms with Crippen molar-refractivity contribution >= 4 is 37.3 Å². The van der Waals surface area contributed by atoms with Gasteiger partial charge in [0, 0.05) is 12.6 Å². The summed E-state index contributed by atoms with van der Waals surface area (Å²) in [6.07, 6.45) is 5.73. The van der Waals surface area contributed by atoms with Crippen LogP contribution in [0.1, 0.15) is 37.7 Å². The first-order valence-electron chi connectivity index (χ1n) is 6.92. The van der Waals surface area contributed by atoms with Crippen molar-refractivity contribution in [3.8, 4) is 0 Å². The smallest absolute Gasteiger partial charge is 0.250 e. The first-order chi connectivity index (χ1) is 9.44. The van der Waals surface area contributed by atoms with E-state index < -0.39 is 10.0 Å². The van der Waals surface area contributed by atoms with Crippen LogP contribution in [0, 0.1) is 12.8 Å². The van der Waals surface area contributed by atoms with E-state index in [0.717, 1.165) is 22.2 Å². The summed E-state index contributed by atoms with van der Waals surface area (Å²) in [6, 6.07) is 1.55. The Morgan fingerprint density at radius 2 is 2.10 bits per heavy atom. The molecule has 20 heavy (non-hydrogen) atoms. The zero-order valence-corrected chi connectivity index (χ0v) is 14.8. The van der Waals surface area contributed by atoms with Gasteiger partial charge in [0.05, 0.1) is 3.79 Å². The monoisotopic (exact) mass is 380 g/mol. The van der Waals surface area contributed by atoms with E-state index in [1.165, 1.54) is 30.6 Å². The Bertz CT molecular complexity index is 531. The molecule has 114 valence electrons. The zero-order valence-electron chi connectivity index (χ0n) is 11.6. The lowest BCUT2D eigenvalue weighted by molar-refractivity contribution is 0.294. The van der Waals surface area contributed by atoms with E-state index in [0.29, 0.717) is 16.7 Å². The molecule has 1 aliphatic rings. The van der Waals surface area contributed by atoms with Gasteiger partial charge in [-0.05, 0) is 53.2 Å². The SMILES string of the molecule is Cc1cc(S(=O)(=O)NC(CN)C2CCCCC2)sc1Br. The molecule has 1 unspecified atom stereocenters. The molecule has 1 heterocycles. The van der Waals surface area contributed by atoms with Crippen LogP contribution in [0.5, 0.6) is 0 Å². The third-order valence-electron chi connectivity index (χ3n) is 3.88. The van der Waals surface area contributed by atoms with Gasteiger partial charge in [0.2, 0.25) is 10.0 Å². The van der Waals surface area contributed by atoms with Gasteiger partial charge in [0.15, 0.2) is 0 Å². The Morgan fingerprint density at radius 1 is 1.45 bits per heavy atom. The van der Waals surface area contributed by atoms with Crippen LogP contribution < -0.4 is 10.5 Å². The summed E-state index contributed by atoms with van der Waals surface area (Å²) in [7, 11) is -3.46. The highest BCUT2D eigenvalue weighted by molar-refractivity contribution is 9.11. The van der Waals surface area contributed by atoms with E-state index in [1.807, 2.05) is 6.92 Å². The lowest BCUT2D eigenvalue weighted by Gasteiger charge is -2.29. The second kappa shape index (κ2) is 6.87. The van der Waals surface area contributed by atoms with Gasteiger partial charge in [-0.3, -0.25) is 0 Å². The van der Waals surface area contributed by atoms with Crippen molar-refractivity contribution in [2.24, 2.45) is 11.7 Å².